The first kappa shape index (κ1) is 11.0. The summed E-state index contributed by atoms with van der Waals surface area (Å²) in [5, 5.41) is 0. The fourth-order valence-electron chi connectivity index (χ4n) is 1.52. The van der Waals surface area contributed by atoms with E-state index in [1.807, 2.05) is 0 Å². The van der Waals surface area contributed by atoms with Gasteiger partial charge in [0.2, 0.25) is 0 Å². The van der Waals surface area contributed by atoms with E-state index < -0.39 is 0 Å². The molecule has 68 valence electrons. The molecule has 0 aromatic carbocycles. The minimum absolute atomic E-state index is 0.437. The van der Waals surface area contributed by atoms with Crippen molar-refractivity contribution in [3.8, 4) is 0 Å². The Labute approximate surface area is 71.4 Å². The van der Waals surface area contributed by atoms with Gasteiger partial charge in [-0.3, -0.25) is 0 Å². The van der Waals surface area contributed by atoms with E-state index in [9.17, 15) is 0 Å². The third kappa shape index (κ3) is 4.41. The first-order valence-electron chi connectivity index (χ1n) is 5.01. The molecule has 0 aliphatic heterocycles. The molecule has 0 aromatic rings. The first-order chi connectivity index (χ1) is 5.26. The highest BCUT2D eigenvalue weighted by atomic mass is 14.6. The van der Waals surface area contributed by atoms with Crippen molar-refractivity contribution >= 4 is 0 Å². The Morgan fingerprint density at radius 3 is 2.09 bits per heavy atom. The van der Waals surface area contributed by atoms with Crippen molar-refractivity contribution < 1.29 is 0 Å². The third-order valence-electron chi connectivity index (χ3n) is 2.53. The van der Waals surface area contributed by atoms with Gasteiger partial charge in [0, 0.05) is 6.04 Å². The predicted molar refractivity (Wildman–Crippen MR) is 51.6 cm³/mol. The molecule has 0 saturated carbocycles. The van der Waals surface area contributed by atoms with E-state index in [0.717, 1.165) is 12.3 Å². The molecule has 0 aliphatic rings. The number of hydrogen-bond donors (Lipinski definition) is 1. The molecule has 0 heterocycles. The summed E-state index contributed by atoms with van der Waals surface area (Å²) in [4.78, 5) is 0. The van der Waals surface area contributed by atoms with Gasteiger partial charge < -0.3 is 5.73 Å². The van der Waals surface area contributed by atoms with Crippen molar-refractivity contribution in [2.75, 3.05) is 0 Å². The van der Waals surface area contributed by atoms with Crippen molar-refractivity contribution in [1.29, 1.82) is 0 Å². The maximum absolute atomic E-state index is 5.97. The minimum atomic E-state index is 0.437. The van der Waals surface area contributed by atoms with E-state index in [2.05, 4.69) is 20.8 Å². The summed E-state index contributed by atoms with van der Waals surface area (Å²) in [6, 6.07) is 0.437. The highest BCUT2D eigenvalue weighted by Gasteiger charge is 2.12. The molecular weight excluding hydrogens is 134 g/mol. The van der Waals surface area contributed by atoms with E-state index >= 15 is 0 Å². The Balaban J connectivity index is 3.56. The van der Waals surface area contributed by atoms with Crippen LogP contribution in [-0.4, -0.2) is 6.04 Å². The van der Waals surface area contributed by atoms with Crippen LogP contribution >= 0.6 is 0 Å². The van der Waals surface area contributed by atoms with Gasteiger partial charge in [0.25, 0.3) is 0 Å². The SMILES string of the molecule is CCCCC(CC)C(N)CC. The van der Waals surface area contributed by atoms with Crippen LogP contribution in [0.4, 0.5) is 0 Å². The molecule has 0 saturated heterocycles. The van der Waals surface area contributed by atoms with Crippen LogP contribution in [0.15, 0.2) is 0 Å². The topological polar surface area (TPSA) is 26.0 Å². The van der Waals surface area contributed by atoms with Gasteiger partial charge in [-0.25, -0.2) is 0 Å². The molecule has 0 amide bonds. The van der Waals surface area contributed by atoms with Crippen LogP contribution < -0.4 is 5.73 Å². The number of unbranched alkanes of at least 4 members (excludes halogenated alkanes) is 1. The number of rotatable bonds is 6. The molecule has 0 radical (unpaired) electrons. The Morgan fingerprint density at radius 2 is 1.73 bits per heavy atom. The van der Waals surface area contributed by atoms with Crippen molar-refractivity contribution in [3.05, 3.63) is 0 Å². The quantitative estimate of drug-likeness (QED) is 0.630. The fraction of sp³-hybridized carbons (Fsp3) is 1.00. The van der Waals surface area contributed by atoms with Crippen molar-refractivity contribution in [2.45, 2.75) is 58.9 Å². The maximum Gasteiger partial charge on any atom is 0.00644 e. The predicted octanol–water partition coefficient (Wildman–Crippen LogP) is 2.94. The summed E-state index contributed by atoms with van der Waals surface area (Å²) in [5.74, 6) is 0.764. The summed E-state index contributed by atoms with van der Waals surface area (Å²) in [6.45, 7) is 6.67. The summed E-state index contributed by atoms with van der Waals surface area (Å²) < 4.78 is 0. The van der Waals surface area contributed by atoms with Gasteiger partial charge in [0.05, 0.1) is 0 Å². The van der Waals surface area contributed by atoms with Crippen molar-refractivity contribution in [2.24, 2.45) is 11.7 Å². The lowest BCUT2D eigenvalue weighted by Crippen LogP contribution is -2.28. The molecule has 11 heavy (non-hydrogen) atoms. The zero-order chi connectivity index (χ0) is 8.69. The van der Waals surface area contributed by atoms with E-state index in [1.54, 1.807) is 0 Å². The van der Waals surface area contributed by atoms with Crippen LogP contribution in [-0.2, 0) is 0 Å². The van der Waals surface area contributed by atoms with E-state index in [4.69, 9.17) is 5.73 Å². The molecule has 0 fully saturated rings. The average Bonchev–Trinajstić information content (AvgIpc) is 2.05. The smallest absolute Gasteiger partial charge is 0.00644 e. The van der Waals surface area contributed by atoms with Crippen LogP contribution in [0.2, 0.25) is 0 Å². The molecule has 0 rings (SSSR count). The second kappa shape index (κ2) is 6.66. The van der Waals surface area contributed by atoms with E-state index in [-0.39, 0.29) is 0 Å². The van der Waals surface area contributed by atoms with Gasteiger partial charge >= 0.3 is 0 Å². The second-order valence-corrected chi connectivity index (χ2v) is 3.38. The highest BCUT2D eigenvalue weighted by molar-refractivity contribution is 4.69. The van der Waals surface area contributed by atoms with Gasteiger partial charge in [-0.1, -0.05) is 40.0 Å². The lowest BCUT2D eigenvalue weighted by atomic mass is 9.90. The molecule has 2 atom stereocenters. The summed E-state index contributed by atoms with van der Waals surface area (Å²) in [5.41, 5.74) is 5.97. The van der Waals surface area contributed by atoms with Crippen LogP contribution in [0.1, 0.15) is 52.9 Å². The third-order valence-corrected chi connectivity index (χ3v) is 2.53. The Hall–Kier alpha value is -0.0400. The average molecular weight is 157 g/mol. The maximum atomic E-state index is 5.97. The zero-order valence-corrected chi connectivity index (χ0v) is 8.27. The second-order valence-electron chi connectivity index (χ2n) is 3.38. The van der Waals surface area contributed by atoms with Crippen molar-refractivity contribution in [3.63, 3.8) is 0 Å². The molecule has 0 aliphatic carbocycles. The van der Waals surface area contributed by atoms with Crippen LogP contribution in [0, 0.1) is 5.92 Å². The Kier molecular flexibility index (Phi) is 6.63. The van der Waals surface area contributed by atoms with Crippen molar-refractivity contribution in [1.82, 2.24) is 0 Å². The molecular formula is C10H23N. The molecule has 1 nitrogen and oxygen atoms in total. The van der Waals surface area contributed by atoms with Gasteiger partial charge in [0.15, 0.2) is 0 Å². The molecule has 2 N–H and O–H groups in total. The standard InChI is InChI=1S/C10H23N/c1-4-7-8-9(5-2)10(11)6-3/h9-10H,4-8,11H2,1-3H3. The number of hydrogen-bond acceptors (Lipinski definition) is 1. The molecule has 1 heteroatoms. The van der Waals surface area contributed by atoms with Gasteiger partial charge in [-0.15, -0.1) is 0 Å². The summed E-state index contributed by atoms with van der Waals surface area (Å²) >= 11 is 0. The molecule has 0 spiro atoms. The minimum Gasteiger partial charge on any atom is -0.327 e. The highest BCUT2D eigenvalue weighted by Crippen LogP contribution is 2.17. The zero-order valence-electron chi connectivity index (χ0n) is 8.27. The Morgan fingerprint density at radius 1 is 1.09 bits per heavy atom. The largest absolute Gasteiger partial charge is 0.327 e. The number of nitrogens with two attached hydrogens (primary N) is 1. The monoisotopic (exact) mass is 157 g/mol. The fourth-order valence-corrected chi connectivity index (χ4v) is 1.52. The van der Waals surface area contributed by atoms with Gasteiger partial charge in [-0.05, 0) is 18.8 Å². The van der Waals surface area contributed by atoms with Gasteiger partial charge in [-0.2, -0.15) is 0 Å². The molecule has 2 unspecified atom stereocenters. The van der Waals surface area contributed by atoms with Crippen LogP contribution in [0.3, 0.4) is 0 Å². The summed E-state index contributed by atoms with van der Waals surface area (Å²) in [6.07, 6.45) is 6.33. The normalized spacial score (nSPS) is 16.4. The summed E-state index contributed by atoms with van der Waals surface area (Å²) in [7, 11) is 0. The van der Waals surface area contributed by atoms with Gasteiger partial charge in [0.1, 0.15) is 0 Å². The lowest BCUT2D eigenvalue weighted by Gasteiger charge is -2.20. The molecule has 0 aromatic heterocycles. The van der Waals surface area contributed by atoms with E-state index in [1.165, 1.54) is 25.7 Å². The lowest BCUT2D eigenvalue weighted by molar-refractivity contribution is 0.363. The first-order valence-corrected chi connectivity index (χ1v) is 5.01. The Bertz CT molecular complexity index is 80.9. The van der Waals surface area contributed by atoms with E-state index in [0.29, 0.717) is 6.04 Å². The van der Waals surface area contributed by atoms with Crippen LogP contribution in [0.5, 0.6) is 0 Å². The molecule has 0 bridgehead atoms. The van der Waals surface area contributed by atoms with Crippen LogP contribution in [0.25, 0.3) is 0 Å².